The van der Waals surface area contributed by atoms with Crippen LogP contribution in [0.4, 0.5) is 0 Å². The van der Waals surface area contributed by atoms with Gasteiger partial charge in [0.1, 0.15) is 12.0 Å². The molecule has 0 N–H and O–H groups in total. The molecular weight excluding hydrogens is 114 g/mol. The van der Waals surface area contributed by atoms with E-state index in [0.717, 1.165) is 5.84 Å². The molecule has 0 aliphatic carbocycles. The van der Waals surface area contributed by atoms with Crippen molar-refractivity contribution in [1.29, 1.82) is 0 Å². The average molecular weight is 125 g/mol. The zero-order valence-corrected chi connectivity index (χ0v) is 6.00. The molecule has 0 amide bonds. The molecule has 0 radical (unpaired) electrons. The summed E-state index contributed by atoms with van der Waals surface area (Å²) in [7, 11) is 1.96. The van der Waals surface area contributed by atoms with E-state index >= 15 is 0 Å². The molecular formula is C6H11N3. The minimum atomic E-state index is 0.252. The molecule has 1 aliphatic heterocycles. The van der Waals surface area contributed by atoms with Crippen molar-refractivity contribution in [3.05, 3.63) is 0 Å². The molecule has 3 nitrogen and oxygen atoms in total. The minimum Gasteiger partial charge on any atom is -0.344 e. The summed E-state index contributed by atoms with van der Waals surface area (Å²) in [6.45, 7) is 3.94. The molecule has 1 unspecified atom stereocenters. The third-order valence-corrected chi connectivity index (χ3v) is 1.39. The summed E-state index contributed by atoms with van der Waals surface area (Å²) in [5, 5.41) is 0. The standard InChI is InChI=1S/C6H11N3/c1-5-7-4-9(3)6(2)8-5/h4,6H,1-3H3. The van der Waals surface area contributed by atoms with E-state index in [1.54, 1.807) is 6.34 Å². The third-order valence-electron chi connectivity index (χ3n) is 1.39. The van der Waals surface area contributed by atoms with E-state index in [1.165, 1.54) is 0 Å². The lowest BCUT2D eigenvalue weighted by Gasteiger charge is -2.21. The molecule has 1 aliphatic rings. The molecule has 0 spiro atoms. The van der Waals surface area contributed by atoms with Crippen LogP contribution in [0.2, 0.25) is 0 Å². The van der Waals surface area contributed by atoms with Gasteiger partial charge in [0.2, 0.25) is 0 Å². The van der Waals surface area contributed by atoms with Crippen LogP contribution in [0.3, 0.4) is 0 Å². The number of nitrogens with zero attached hydrogens (tertiary/aromatic N) is 3. The van der Waals surface area contributed by atoms with Crippen molar-refractivity contribution in [2.75, 3.05) is 7.05 Å². The molecule has 0 aromatic carbocycles. The summed E-state index contributed by atoms with van der Waals surface area (Å²) >= 11 is 0. The number of amidine groups is 1. The van der Waals surface area contributed by atoms with Gasteiger partial charge >= 0.3 is 0 Å². The van der Waals surface area contributed by atoms with Crippen LogP contribution < -0.4 is 0 Å². The molecule has 1 atom stereocenters. The lowest BCUT2D eigenvalue weighted by molar-refractivity contribution is 0.409. The highest BCUT2D eigenvalue weighted by Gasteiger charge is 2.06. The zero-order chi connectivity index (χ0) is 6.85. The minimum absolute atomic E-state index is 0.252. The quantitative estimate of drug-likeness (QED) is 0.469. The Morgan fingerprint density at radius 1 is 1.67 bits per heavy atom. The lowest BCUT2D eigenvalue weighted by atomic mass is 10.5. The van der Waals surface area contributed by atoms with Gasteiger partial charge in [0.05, 0.1) is 6.34 Å². The number of hydrogen-bond donors (Lipinski definition) is 0. The first kappa shape index (κ1) is 6.26. The third kappa shape index (κ3) is 1.28. The van der Waals surface area contributed by atoms with Gasteiger partial charge in [0.25, 0.3) is 0 Å². The predicted molar refractivity (Wildman–Crippen MR) is 38.8 cm³/mol. The maximum Gasteiger partial charge on any atom is 0.124 e. The zero-order valence-electron chi connectivity index (χ0n) is 6.00. The van der Waals surface area contributed by atoms with E-state index < -0.39 is 0 Å². The van der Waals surface area contributed by atoms with E-state index in [9.17, 15) is 0 Å². The van der Waals surface area contributed by atoms with Crippen molar-refractivity contribution in [3.63, 3.8) is 0 Å². The van der Waals surface area contributed by atoms with Gasteiger partial charge in [-0.05, 0) is 13.8 Å². The molecule has 1 rings (SSSR count). The van der Waals surface area contributed by atoms with Crippen LogP contribution in [0, 0.1) is 0 Å². The van der Waals surface area contributed by atoms with E-state index in [2.05, 4.69) is 9.98 Å². The van der Waals surface area contributed by atoms with Crippen molar-refractivity contribution < 1.29 is 0 Å². The Morgan fingerprint density at radius 2 is 2.33 bits per heavy atom. The van der Waals surface area contributed by atoms with Gasteiger partial charge < -0.3 is 4.90 Å². The predicted octanol–water partition coefficient (Wildman–Crippen LogP) is 0.725. The largest absolute Gasteiger partial charge is 0.344 e. The SMILES string of the molecule is CC1=NC(C)N(C)C=N1. The van der Waals surface area contributed by atoms with Crippen molar-refractivity contribution in [3.8, 4) is 0 Å². The second-order valence-electron chi connectivity index (χ2n) is 2.22. The normalized spacial score (nSPS) is 26.3. The highest BCUT2D eigenvalue weighted by molar-refractivity contribution is 5.88. The summed E-state index contributed by atoms with van der Waals surface area (Å²) in [6, 6.07) is 0. The van der Waals surface area contributed by atoms with E-state index in [1.807, 2.05) is 25.8 Å². The second kappa shape index (κ2) is 2.17. The Hall–Kier alpha value is -0.860. The monoisotopic (exact) mass is 125 g/mol. The molecule has 0 aromatic heterocycles. The highest BCUT2D eigenvalue weighted by atomic mass is 15.3. The van der Waals surface area contributed by atoms with Gasteiger partial charge in [0, 0.05) is 7.05 Å². The van der Waals surface area contributed by atoms with Gasteiger partial charge in [-0.25, -0.2) is 9.98 Å². The Kier molecular flexibility index (Phi) is 1.51. The summed E-state index contributed by atoms with van der Waals surface area (Å²) in [6.07, 6.45) is 2.05. The van der Waals surface area contributed by atoms with Crippen LogP contribution in [0.25, 0.3) is 0 Å². The first-order valence-corrected chi connectivity index (χ1v) is 3.00. The summed E-state index contributed by atoms with van der Waals surface area (Å²) in [5.74, 6) is 0.862. The fraction of sp³-hybridized carbons (Fsp3) is 0.667. The summed E-state index contributed by atoms with van der Waals surface area (Å²) < 4.78 is 0. The van der Waals surface area contributed by atoms with Gasteiger partial charge in [-0.15, -0.1) is 0 Å². The van der Waals surface area contributed by atoms with Crippen LogP contribution in [0.5, 0.6) is 0 Å². The van der Waals surface area contributed by atoms with Crippen molar-refractivity contribution in [1.82, 2.24) is 4.90 Å². The molecule has 1 heterocycles. The molecule has 3 heteroatoms. The van der Waals surface area contributed by atoms with Gasteiger partial charge in [-0.3, -0.25) is 0 Å². The van der Waals surface area contributed by atoms with Gasteiger partial charge in [0.15, 0.2) is 0 Å². The Labute approximate surface area is 55.1 Å². The molecule has 0 saturated heterocycles. The maximum atomic E-state index is 4.21. The highest BCUT2D eigenvalue weighted by Crippen LogP contribution is 2.00. The first-order valence-electron chi connectivity index (χ1n) is 3.00. The molecule has 0 fully saturated rings. The Bertz CT molecular complexity index is 160. The van der Waals surface area contributed by atoms with Gasteiger partial charge in [-0.1, -0.05) is 0 Å². The topological polar surface area (TPSA) is 28.0 Å². The van der Waals surface area contributed by atoms with Crippen LogP contribution in [0.15, 0.2) is 9.98 Å². The maximum absolute atomic E-state index is 4.21. The molecule has 50 valence electrons. The average Bonchev–Trinajstić information content (AvgIpc) is 1.80. The first-order chi connectivity index (χ1) is 4.20. The van der Waals surface area contributed by atoms with E-state index in [-0.39, 0.29) is 6.17 Å². The van der Waals surface area contributed by atoms with Crippen LogP contribution in [-0.2, 0) is 0 Å². The lowest BCUT2D eigenvalue weighted by Crippen LogP contribution is -2.29. The summed E-state index contributed by atoms with van der Waals surface area (Å²) in [4.78, 5) is 10.2. The smallest absolute Gasteiger partial charge is 0.124 e. The molecule has 0 aromatic rings. The second-order valence-corrected chi connectivity index (χ2v) is 2.22. The van der Waals surface area contributed by atoms with Crippen LogP contribution in [-0.4, -0.2) is 30.3 Å². The fourth-order valence-electron chi connectivity index (χ4n) is 0.666. The summed E-state index contributed by atoms with van der Waals surface area (Å²) in [5.41, 5.74) is 0. The number of hydrogen-bond acceptors (Lipinski definition) is 3. The number of rotatable bonds is 0. The number of aliphatic imine (C=N–C) groups is 2. The fourth-order valence-corrected chi connectivity index (χ4v) is 0.666. The van der Waals surface area contributed by atoms with Crippen molar-refractivity contribution in [2.45, 2.75) is 20.0 Å². The van der Waals surface area contributed by atoms with E-state index in [4.69, 9.17) is 0 Å². The van der Waals surface area contributed by atoms with E-state index in [0.29, 0.717) is 0 Å². The molecule has 9 heavy (non-hydrogen) atoms. The van der Waals surface area contributed by atoms with Crippen LogP contribution in [0.1, 0.15) is 13.8 Å². The Morgan fingerprint density at radius 3 is 2.78 bits per heavy atom. The van der Waals surface area contributed by atoms with Crippen molar-refractivity contribution in [2.24, 2.45) is 9.98 Å². The molecule has 0 saturated carbocycles. The van der Waals surface area contributed by atoms with Crippen LogP contribution >= 0.6 is 0 Å². The Balaban J connectivity index is 2.70. The van der Waals surface area contributed by atoms with Gasteiger partial charge in [-0.2, -0.15) is 0 Å². The molecule has 0 bridgehead atoms. The van der Waals surface area contributed by atoms with Crippen molar-refractivity contribution >= 4 is 12.2 Å².